The molecule has 0 amide bonds. The fourth-order valence-corrected chi connectivity index (χ4v) is 1.55. The van der Waals surface area contributed by atoms with Gasteiger partial charge in [-0.2, -0.15) is 0 Å². The van der Waals surface area contributed by atoms with Gasteiger partial charge in [-0.3, -0.25) is 4.90 Å². The highest BCUT2D eigenvalue weighted by Crippen LogP contribution is 2.15. The molecule has 0 fully saturated rings. The van der Waals surface area contributed by atoms with Gasteiger partial charge in [0, 0.05) is 18.6 Å². The molecule has 0 spiro atoms. The lowest BCUT2D eigenvalue weighted by Gasteiger charge is -2.27. The van der Waals surface area contributed by atoms with Gasteiger partial charge in [0.2, 0.25) is 0 Å². The quantitative estimate of drug-likeness (QED) is 0.529. The minimum atomic E-state index is 0.694. The van der Waals surface area contributed by atoms with Crippen LogP contribution in [-0.4, -0.2) is 23.5 Å². The van der Waals surface area contributed by atoms with Gasteiger partial charge in [0.25, 0.3) is 0 Å². The Labute approximate surface area is 63.7 Å². The monoisotopic (exact) mass is 139 g/mol. The Morgan fingerprint density at radius 3 is 2.70 bits per heavy atom. The van der Waals surface area contributed by atoms with Crippen LogP contribution in [0.1, 0.15) is 27.2 Å². The second-order valence-electron chi connectivity index (χ2n) is 3.19. The van der Waals surface area contributed by atoms with Crippen LogP contribution in [0, 0.1) is 0 Å². The molecule has 1 unspecified atom stereocenters. The summed E-state index contributed by atoms with van der Waals surface area (Å²) in [7, 11) is 0. The summed E-state index contributed by atoms with van der Waals surface area (Å²) >= 11 is 0. The first kappa shape index (κ1) is 7.80. The van der Waals surface area contributed by atoms with E-state index in [9.17, 15) is 0 Å². The van der Waals surface area contributed by atoms with Crippen LogP contribution in [0.5, 0.6) is 0 Å². The van der Waals surface area contributed by atoms with Crippen LogP contribution in [0.15, 0.2) is 12.2 Å². The van der Waals surface area contributed by atoms with Crippen LogP contribution in [-0.2, 0) is 0 Å². The minimum absolute atomic E-state index is 0.694. The SMILES string of the molecule is CCC1C=CCN1C(C)C. The van der Waals surface area contributed by atoms with Crippen molar-refractivity contribution < 1.29 is 0 Å². The summed E-state index contributed by atoms with van der Waals surface area (Å²) in [5, 5.41) is 0. The van der Waals surface area contributed by atoms with Crippen molar-refractivity contribution in [3.05, 3.63) is 12.2 Å². The van der Waals surface area contributed by atoms with Gasteiger partial charge in [-0.15, -0.1) is 0 Å². The van der Waals surface area contributed by atoms with E-state index < -0.39 is 0 Å². The third-order valence-corrected chi connectivity index (χ3v) is 2.18. The average Bonchev–Trinajstić information content (AvgIpc) is 2.33. The molecule has 0 radical (unpaired) electrons. The standard InChI is InChI=1S/C9H17N/c1-4-9-6-5-7-10(9)8(2)3/h5-6,8-9H,4,7H2,1-3H3. The molecule has 1 nitrogen and oxygen atoms in total. The molecule has 1 rings (SSSR count). The molecule has 0 aliphatic carbocycles. The molecule has 0 aromatic carbocycles. The third-order valence-electron chi connectivity index (χ3n) is 2.18. The Kier molecular flexibility index (Phi) is 2.50. The highest BCUT2D eigenvalue weighted by Gasteiger charge is 2.19. The zero-order chi connectivity index (χ0) is 7.56. The van der Waals surface area contributed by atoms with Gasteiger partial charge in [-0.25, -0.2) is 0 Å². The molecule has 1 heteroatoms. The Bertz CT molecular complexity index is 127. The summed E-state index contributed by atoms with van der Waals surface area (Å²) in [6.45, 7) is 7.91. The number of hydrogen-bond acceptors (Lipinski definition) is 1. The lowest BCUT2D eigenvalue weighted by atomic mass is 10.2. The molecule has 1 heterocycles. The zero-order valence-corrected chi connectivity index (χ0v) is 7.17. The maximum atomic E-state index is 2.51. The molecule has 1 atom stereocenters. The molecule has 0 N–H and O–H groups in total. The van der Waals surface area contributed by atoms with E-state index >= 15 is 0 Å². The van der Waals surface area contributed by atoms with Crippen molar-refractivity contribution in [2.24, 2.45) is 0 Å². The largest absolute Gasteiger partial charge is 0.291 e. The molecule has 0 bridgehead atoms. The fourth-order valence-electron chi connectivity index (χ4n) is 1.55. The van der Waals surface area contributed by atoms with Crippen LogP contribution in [0.25, 0.3) is 0 Å². The predicted octanol–water partition coefficient (Wildman–Crippen LogP) is 2.05. The second kappa shape index (κ2) is 3.20. The number of hydrogen-bond donors (Lipinski definition) is 0. The topological polar surface area (TPSA) is 3.24 Å². The zero-order valence-electron chi connectivity index (χ0n) is 7.17. The van der Waals surface area contributed by atoms with Gasteiger partial charge >= 0.3 is 0 Å². The molecule has 0 saturated carbocycles. The number of nitrogens with zero attached hydrogens (tertiary/aromatic N) is 1. The summed E-state index contributed by atoms with van der Waals surface area (Å²) in [6, 6.07) is 1.40. The van der Waals surface area contributed by atoms with Gasteiger partial charge < -0.3 is 0 Å². The lowest BCUT2D eigenvalue weighted by molar-refractivity contribution is 0.215. The third kappa shape index (κ3) is 1.40. The maximum absolute atomic E-state index is 2.51. The van der Waals surface area contributed by atoms with Crippen molar-refractivity contribution in [1.29, 1.82) is 0 Å². The van der Waals surface area contributed by atoms with E-state index in [2.05, 4.69) is 37.8 Å². The van der Waals surface area contributed by atoms with Crippen molar-refractivity contribution in [3.63, 3.8) is 0 Å². The van der Waals surface area contributed by atoms with Crippen LogP contribution in [0.2, 0.25) is 0 Å². The summed E-state index contributed by atoms with van der Waals surface area (Å²) in [5.41, 5.74) is 0. The van der Waals surface area contributed by atoms with E-state index in [1.807, 2.05) is 0 Å². The van der Waals surface area contributed by atoms with Crippen LogP contribution in [0.4, 0.5) is 0 Å². The molecule has 10 heavy (non-hydrogen) atoms. The van der Waals surface area contributed by atoms with E-state index in [4.69, 9.17) is 0 Å². The van der Waals surface area contributed by atoms with Gasteiger partial charge in [0.05, 0.1) is 0 Å². The van der Waals surface area contributed by atoms with Crippen LogP contribution < -0.4 is 0 Å². The van der Waals surface area contributed by atoms with Crippen molar-refractivity contribution in [3.8, 4) is 0 Å². The van der Waals surface area contributed by atoms with Gasteiger partial charge in [0.15, 0.2) is 0 Å². The van der Waals surface area contributed by atoms with E-state index in [-0.39, 0.29) is 0 Å². The van der Waals surface area contributed by atoms with Gasteiger partial charge in [-0.1, -0.05) is 19.1 Å². The first-order chi connectivity index (χ1) is 4.75. The van der Waals surface area contributed by atoms with E-state index in [0.717, 1.165) is 6.54 Å². The van der Waals surface area contributed by atoms with Crippen molar-refractivity contribution >= 4 is 0 Å². The Hall–Kier alpha value is -0.300. The fraction of sp³-hybridized carbons (Fsp3) is 0.778. The Morgan fingerprint density at radius 1 is 1.60 bits per heavy atom. The van der Waals surface area contributed by atoms with Gasteiger partial charge in [-0.05, 0) is 20.3 Å². The second-order valence-corrected chi connectivity index (χ2v) is 3.19. The molecule has 58 valence electrons. The summed E-state index contributed by atoms with van der Waals surface area (Å²) < 4.78 is 0. The van der Waals surface area contributed by atoms with Crippen LogP contribution >= 0.6 is 0 Å². The first-order valence-corrected chi connectivity index (χ1v) is 4.18. The van der Waals surface area contributed by atoms with E-state index in [1.165, 1.54) is 6.42 Å². The Morgan fingerprint density at radius 2 is 2.30 bits per heavy atom. The van der Waals surface area contributed by atoms with E-state index in [1.54, 1.807) is 0 Å². The van der Waals surface area contributed by atoms with E-state index in [0.29, 0.717) is 12.1 Å². The van der Waals surface area contributed by atoms with Crippen molar-refractivity contribution in [2.75, 3.05) is 6.54 Å². The number of rotatable bonds is 2. The summed E-state index contributed by atoms with van der Waals surface area (Å²) in [6.07, 6.45) is 5.84. The molecule has 1 aliphatic heterocycles. The highest BCUT2D eigenvalue weighted by atomic mass is 15.2. The molecule has 0 aromatic rings. The van der Waals surface area contributed by atoms with Gasteiger partial charge in [0.1, 0.15) is 0 Å². The van der Waals surface area contributed by atoms with Crippen molar-refractivity contribution in [1.82, 2.24) is 4.90 Å². The normalized spacial score (nSPS) is 26.6. The predicted molar refractivity (Wildman–Crippen MR) is 45.1 cm³/mol. The molecule has 1 aliphatic rings. The average molecular weight is 139 g/mol. The maximum Gasteiger partial charge on any atom is 0.0282 e. The molecular weight excluding hydrogens is 122 g/mol. The summed E-state index contributed by atoms with van der Waals surface area (Å²) in [4.78, 5) is 2.51. The smallest absolute Gasteiger partial charge is 0.0282 e. The summed E-state index contributed by atoms with van der Waals surface area (Å²) in [5.74, 6) is 0. The lowest BCUT2D eigenvalue weighted by Crippen LogP contribution is -2.35. The highest BCUT2D eigenvalue weighted by molar-refractivity contribution is 5.04. The van der Waals surface area contributed by atoms with Crippen molar-refractivity contribution in [2.45, 2.75) is 39.3 Å². The molecule has 0 saturated heterocycles. The molecular formula is C9H17N. The minimum Gasteiger partial charge on any atom is -0.291 e. The van der Waals surface area contributed by atoms with Crippen LogP contribution in [0.3, 0.4) is 0 Å². The first-order valence-electron chi connectivity index (χ1n) is 4.18. The molecule has 0 aromatic heterocycles. The Balaban J connectivity index is 2.47.